The Labute approximate surface area is 201 Å². The molecule has 3 rings (SSSR count). The number of benzene rings is 2. The Morgan fingerprint density at radius 1 is 0.912 bits per heavy atom. The Hall–Kier alpha value is -3.76. The first-order valence-corrected chi connectivity index (χ1v) is 11.8. The molecule has 0 fully saturated rings. The molecule has 0 bridgehead atoms. The van der Waals surface area contributed by atoms with Gasteiger partial charge in [0, 0.05) is 23.1 Å². The summed E-state index contributed by atoms with van der Waals surface area (Å²) in [6, 6.07) is 17.3. The third-order valence-electron chi connectivity index (χ3n) is 4.98. The van der Waals surface area contributed by atoms with Crippen LogP contribution in [0, 0.1) is 0 Å². The predicted molar refractivity (Wildman–Crippen MR) is 132 cm³/mol. The van der Waals surface area contributed by atoms with Crippen molar-refractivity contribution in [2.75, 3.05) is 10.6 Å². The van der Waals surface area contributed by atoms with Gasteiger partial charge in [0.2, 0.25) is 11.8 Å². The largest absolute Gasteiger partial charge is 0.326 e. The fourth-order valence-corrected chi connectivity index (χ4v) is 3.97. The maximum atomic E-state index is 13.0. The lowest BCUT2D eigenvalue weighted by Gasteiger charge is -2.18. The molecule has 0 aliphatic carbocycles. The molecule has 5 N–H and O–H groups in total. The number of para-hydroxylation sites is 1. The second kappa shape index (κ2) is 13.1. The number of hydroxylamine groups is 1. The zero-order valence-electron chi connectivity index (χ0n) is 18.5. The van der Waals surface area contributed by atoms with Crippen LogP contribution < -0.4 is 21.4 Å². The number of unbranched alkanes of at least 4 members (excludes halogenated alkanes) is 2. The molecule has 0 radical (unpaired) electrons. The highest BCUT2D eigenvalue weighted by Gasteiger charge is 2.22. The molecule has 1 atom stereocenters. The topological polar surface area (TPSA) is 132 Å². The quantitative estimate of drug-likeness (QED) is 0.157. The smallest absolute Gasteiger partial charge is 0.319 e. The van der Waals surface area contributed by atoms with Crippen LogP contribution in [0.1, 0.15) is 32.1 Å². The maximum Gasteiger partial charge on any atom is 0.319 e. The molecule has 9 nitrogen and oxygen atoms in total. The highest BCUT2D eigenvalue weighted by atomic mass is 32.1. The van der Waals surface area contributed by atoms with Crippen LogP contribution in [0.15, 0.2) is 66.0 Å². The molecular weight excluding hydrogens is 454 g/mol. The fraction of sp³-hybridized carbons (Fsp3) is 0.250. The SMILES string of the molecule is O=C(CCCCC[C@H](NC(=O)Nc1ccccc1)C(=O)Nc1nc(-c2ccccc2)cs1)NO. The number of anilines is 2. The summed E-state index contributed by atoms with van der Waals surface area (Å²) < 4.78 is 0. The summed E-state index contributed by atoms with van der Waals surface area (Å²) in [5.74, 6) is -0.821. The Morgan fingerprint density at radius 3 is 2.32 bits per heavy atom. The van der Waals surface area contributed by atoms with Crippen LogP contribution in [0.2, 0.25) is 0 Å². The summed E-state index contributed by atoms with van der Waals surface area (Å²) in [5.41, 5.74) is 3.92. The second-order valence-corrected chi connectivity index (χ2v) is 8.40. The van der Waals surface area contributed by atoms with E-state index in [0.29, 0.717) is 36.5 Å². The van der Waals surface area contributed by atoms with Gasteiger partial charge in [0.1, 0.15) is 6.04 Å². The highest BCUT2D eigenvalue weighted by Crippen LogP contribution is 2.24. The molecule has 0 aliphatic rings. The molecular formula is C24H27N5O4S. The summed E-state index contributed by atoms with van der Waals surface area (Å²) in [6.07, 6.45) is 2.40. The minimum atomic E-state index is -0.792. The van der Waals surface area contributed by atoms with Gasteiger partial charge in [-0.3, -0.25) is 14.8 Å². The van der Waals surface area contributed by atoms with Crippen LogP contribution in [0.5, 0.6) is 0 Å². The van der Waals surface area contributed by atoms with Gasteiger partial charge in [0.05, 0.1) is 5.69 Å². The number of rotatable bonds is 11. The van der Waals surface area contributed by atoms with Crippen LogP contribution in [-0.4, -0.2) is 34.1 Å². The normalized spacial score (nSPS) is 11.3. The van der Waals surface area contributed by atoms with Gasteiger partial charge in [-0.2, -0.15) is 0 Å². The van der Waals surface area contributed by atoms with Crippen LogP contribution in [0.3, 0.4) is 0 Å². The third kappa shape index (κ3) is 7.98. The van der Waals surface area contributed by atoms with Crippen LogP contribution in [0.4, 0.5) is 15.6 Å². The molecule has 0 spiro atoms. The minimum Gasteiger partial charge on any atom is -0.326 e. The minimum absolute atomic E-state index is 0.191. The Kier molecular flexibility index (Phi) is 9.56. The fourth-order valence-electron chi connectivity index (χ4n) is 3.25. The van der Waals surface area contributed by atoms with Crippen molar-refractivity contribution in [1.82, 2.24) is 15.8 Å². The van der Waals surface area contributed by atoms with E-state index in [1.54, 1.807) is 29.7 Å². The van der Waals surface area contributed by atoms with Crippen molar-refractivity contribution in [3.8, 4) is 11.3 Å². The number of carbonyl (C=O) groups excluding carboxylic acids is 3. The number of urea groups is 1. The average Bonchev–Trinajstić information content (AvgIpc) is 3.32. The van der Waals surface area contributed by atoms with E-state index < -0.39 is 18.0 Å². The molecule has 3 aromatic rings. The van der Waals surface area contributed by atoms with E-state index in [1.165, 1.54) is 11.3 Å². The molecule has 0 unspecified atom stereocenters. The standard InChI is InChI=1S/C24H27N5O4S/c30-21(29-33)15-9-3-8-14-19(26-23(32)25-18-12-6-2-7-13-18)22(31)28-24-27-20(16-34-24)17-10-4-1-5-11-17/h1-2,4-7,10-13,16,19,33H,3,8-9,14-15H2,(H,29,30)(H2,25,26,32)(H,27,28,31)/t19-/m0/s1. The summed E-state index contributed by atoms with van der Waals surface area (Å²) in [7, 11) is 0. The molecule has 4 amide bonds. The van der Waals surface area contributed by atoms with Crippen molar-refractivity contribution in [2.45, 2.75) is 38.1 Å². The van der Waals surface area contributed by atoms with Gasteiger partial charge in [-0.25, -0.2) is 15.3 Å². The van der Waals surface area contributed by atoms with Crippen molar-refractivity contribution >= 4 is 40.0 Å². The second-order valence-electron chi connectivity index (χ2n) is 7.54. The van der Waals surface area contributed by atoms with Crippen molar-refractivity contribution in [3.05, 3.63) is 66.0 Å². The van der Waals surface area contributed by atoms with Crippen molar-refractivity contribution in [3.63, 3.8) is 0 Å². The van der Waals surface area contributed by atoms with E-state index in [2.05, 4.69) is 20.9 Å². The lowest BCUT2D eigenvalue weighted by atomic mass is 10.1. The zero-order valence-corrected chi connectivity index (χ0v) is 19.3. The number of nitrogens with zero attached hydrogens (tertiary/aromatic N) is 1. The van der Waals surface area contributed by atoms with Gasteiger partial charge in [0.25, 0.3) is 0 Å². The molecule has 0 saturated heterocycles. The van der Waals surface area contributed by atoms with Crippen molar-refractivity contribution in [1.29, 1.82) is 0 Å². The summed E-state index contributed by atoms with van der Waals surface area (Å²) in [6.45, 7) is 0. The molecule has 178 valence electrons. The Balaban J connectivity index is 1.60. The lowest BCUT2D eigenvalue weighted by molar-refractivity contribution is -0.129. The number of carbonyl (C=O) groups is 3. The predicted octanol–water partition coefficient (Wildman–Crippen LogP) is 4.39. The van der Waals surface area contributed by atoms with Crippen molar-refractivity contribution in [2.24, 2.45) is 0 Å². The molecule has 0 aliphatic heterocycles. The van der Waals surface area contributed by atoms with Gasteiger partial charge >= 0.3 is 6.03 Å². The Morgan fingerprint density at radius 2 is 1.62 bits per heavy atom. The number of aromatic nitrogens is 1. The maximum absolute atomic E-state index is 13.0. The molecule has 34 heavy (non-hydrogen) atoms. The van der Waals surface area contributed by atoms with Gasteiger partial charge in [-0.15, -0.1) is 11.3 Å². The average molecular weight is 482 g/mol. The van der Waals surface area contributed by atoms with Gasteiger partial charge in [0.15, 0.2) is 5.13 Å². The van der Waals surface area contributed by atoms with E-state index in [9.17, 15) is 14.4 Å². The number of amides is 4. The monoisotopic (exact) mass is 481 g/mol. The highest BCUT2D eigenvalue weighted by molar-refractivity contribution is 7.14. The van der Waals surface area contributed by atoms with Crippen molar-refractivity contribution < 1.29 is 19.6 Å². The van der Waals surface area contributed by atoms with Crippen LogP contribution >= 0.6 is 11.3 Å². The number of hydrogen-bond acceptors (Lipinski definition) is 6. The molecule has 1 heterocycles. The summed E-state index contributed by atoms with van der Waals surface area (Å²) in [5, 5.41) is 19.1. The van der Waals surface area contributed by atoms with E-state index >= 15 is 0 Å². The molecule has 0 saturated carbocycles. The number of nitrogens with one attached hydrogen (secondary N) is 4. The summed E-state index contributed by atoms with van der Waals surface area (Å²) in [4.78, 5) is 41.1. The first-order valence-electron chi connectivity index (χ1n) is 10.9. The first-order chi connectivity index (χ1) is 16.5. The van der Waals surface area contributed by atoms with E-state index in [-0.39, 0.29) is 12.3 Å². The van der Waals surface area contributed by atoms with Crippen LogP contribution in [-0.2, 0) is 9.59 Å². The van der Waals surface area contributed by atoms with E-state index in [4.69, 9.17) is 5.21 Å². The zero-order chi connectivity index (χ0) is 24.2. The summed E-state index contributed by atoms with van der Waals surface area (Å²) >= 11 is 1.31. The third-order valence-corrected chi connectivity index (χ3v) is 5.74. The molecule has 10 heteroatoms. The Bertz CT molecular complexity index is 1080. The van der Waals surface area contributed by atoms with E-state index in [1.807, 2.05) is 41.8 Å². The van der Waals surface area contributed by atoms with Gasteiger partial charge in [-0.1, -0.05) is 61.4 Å². The number of thiazole rings is 1. The van der Waals surface area contributed by atoms with Gasteiger partial charge < -0.3 is 16.0 Å². The van der Waals surface area contributed by atoms with Gasteiger partial charge in [-0.05, 0) is 25.0 Å². The lowest BCUT2D eigenvalue weighted by Crippen LogP contribution is -2.45. The number of hydrogen-bond donors (Lipinski definition) is 5. The van der Waals surface area contributed by atoms with E-state index in [0.717, 1.165) is 11.3 Å². The molecule has 1 aromatic heterocycles. The van der Waals surface area contributed by atoms with Crippen LogP contribution in [0.25, 0.3) is 11.3 Å². The molecule has 2 aromatic carbocycles. The first kappa shape index (κ1) is 24.9.